The van der Waals surface area contributed by atoms with Gasteiger partial charge in [-0.15, -0.1) is 0 Å². The number of carbonyl (C=O) groups excluding carboxylic acids is 2. The number of nitrogens with two attached hydrogens (primary N) is 1. The molecule has 0 heterocycles. The Kier molecular flexibility index (Phi) is 6.89. The molecule has 1 aliphatic carbocycles. The Morgan fingerprint density at radius 2 is 2.04 bits per heavy atom. The second-order valence-electron chi connectivity index (χ2n) is 5.98. The van der Waals surface area contributed by atoms with Crippen molar-refractivity contribution in [3.63, 3.8) is 0 Å². The predicted octanol–water partition coefficient (Wildman–Crippen LogP) is 3.17. The average molecular weight is 382 g/mol. The lowest BCUT2D eigenvalue weighted by Gasteiger charge is -2.23. The topological polar surface area (TPSA) is 75.4 Å². The van der Waals surface area contributed by atoms with Crippen LogP contribution in [0.5, 0.6) is 0 Å². The third-order valence-corrected chi connectivity index (χ3v) is 4.41. The quantitative estimate of drug-likeness (QED) is 0.644. The van der Waals surface area contributed by atoms with Gasteiger partial charge in [0.2, 0.25) is 5.91 Å². The van der Waals surface area contributed by atoms with Gasteiger partial charge in [-0.25, -0.2) is 4.79 Å². The summed E-state index contributed by atoms with van der Waals surface area (Å²) >= 11 is 3.48. The Morgan fingerprint density at radius 3 is 2.70 bits per heavy atom. The van der Waals surface area contributed by atoms with Crippen LogP contribution in [0.4, 0.5) is 4.79 Å². The van der Waals surface area contributed by atoms with Gasteiger partial charge in [-0.05, 0) is 43.4 Å². The first-order valence-electron chi connectivity index (χ1n) is 8.13. The number of halogens is 1. The molecule has 3 amide bonds. The van der Waals surface area contributed by atoms with Crippen molar-refractivity contribution in [1.82, 2.24) is 10.2 Å². The lowest BCUT2D eigenvalue weighted by Crippen LogP contribution is -2.32. The zero-order chi connectivity index (χ0) is 16.7. The van der Waals surface area contributed by atoms with Gasteiger partial charge < -0.3 is 16.0 Å². The number of unbranched alkanes of at least 4 members (excludes halogenated alkanes) is 2. The largest absolute Gasteiger partial charge is 0.352 e. The summed E-state index contributed by atoms with van der Waals surface area (Å²) in [6.45, 7) is 1.26. The minimum atomic E-state index is -0.491. The van der Waals surface area contributed by atoms with Crippen LogP contribution in [0.1, 0.15) is 44.1 Å². The molecule has 0 bridgehead atoms. The van der Waals surface area contributed by atoms with Gasteiger partial charge in [0.1, 0.15) is 0 Å². The number of rotatable bonds is 9. The number of urea groups is 1. The highest BCUT2D eigenvalue weighted by Crippen LogP contribution is 2.29. The van der Waals surface area contributed by atoms with Gasteiger partial charge in [-0.3, -0.25) is 4.79 Å². The SMILES string of the molecule is NC(=O)NCCCCCC(=O)N(Cc1cccc(Br)c1)C1CC1. The summed E-state index contributed by atoms with van der Waals surface area (Å²) in [5, 5.41) is 2.56. The van der Waals surface area contributed by atoms with E-state index in [9.17, 15) is 9.59 Å². The van der Waals surface area contributed by atoms with E-state index in [0.29, 0.717) is 25.6 Å². The van der Waals surface area contributed by atoms with Crippen LogP contribution in [0, 0.1) is 0 Å². The normalized spacial score (nSPS) is 13.6. The van der Waals surface area contributed by atoms with Gasteiger partial charge in [-0.2, -0.15) is 0 Å². The molecule has 3 N–H and O–H groups in total. The zero-order valence-electron chi connectivity index (χ0n) is 13.3. The van der Waals surface area contributed by atoms with Crippen molar-refractivity contribution >= 4 is 27.9 Å². The minimum absolute atomic E-state index is 0.232. The van der Waals surface area contributed by atoms with Gasteiger partial charge >= 0.3 is 6.03 Å². The second kappa shape index (κ2) is 8.91. The fourth-order valence-electron chi connectivity index (χ4n) is 2.57. The summed E-state index contributed by atoms with van der Waals surface area (Å²) in [5.41, 5.74) is 6.16. The summed E-state index contributed by atoms with van der Waals surface area (Å²) in [4.78, 5) is 25.1. The molecule has 0 spiro atoms. The molecule has 2 rings (SSSR count). The molecule has 1 saturated carbocycles. The van der Waals surface area contributed by atoms with Crippen LogP contribution in [0.25, 0.3) is 0 Å². The van der Waals surface area contributed by atoms with Crippen LogP contribution in [0.2, 0.25) is 0 Å². The Bertz CT molecular complexity index is 546. The van der Waals surface area contributed by atoms with Crippen LogP contribution in [0.3, 0.4) is 0 Å². The van der Waals surface area contributed by atoms with E-state index in [2.05, 4.69) is 33.4 Å². The van der Waals surface area contributed by atoms with Gasteiger partial charge in [0, 0.05) is 30.0 Å². The molecular weight excluding hydrogens is 358 g/mol. The van der Waals surface area contributed by atoms with Gasteiger partial charge in [0.25, 0.3) is 0 Å². The maximum atomic E-state index is 12.5. The van der Waals surface area contributed by atoms with Crippen LogP contribution < -0.4 is 11.1 Å². The zero-order valence-corrected chi connectivity index (χ0v) is 14.8. The number of hydrogen-bond acceptors (Lipinski definition) is 2. The van der Waals surface area contributed by atoms with Crippen molar-refractivity contribution in [2.75, 3.05) is 6.54 Å². The molecule has 1 aromatic carbocycles. The first-order chi connectivity index (χ1) is 11.1. The third-order valence-electron chi connectivity index (χ3n) is 3.92. The Labute approximate surface area is 145 Å². The van der Waals surface area contributed by atoms with E-state index >= 15 is 0 Å². The summed E-state index contributed by atoms with van der Waals surface area (Å²) in [5.74, 6) is 0.232. The fourth-order valence-corrected chi connectivity index (χ4v) is 3.02. The van der Waals surface area contributed by atoms with Crippen molar-refractivity contribution in [3.05, 3.63) is 34.3 Å². The average Bonchev–Trinajstić information content (AvgIpc) is 3.32. The first-order valence-corrected chi connectivity index (χ1v) is 8.93. The molecule has 1 aromatic rings. The van der Waals surface area contributed by atoms with E-state index < -0.39 is 6.03 Å². The molecule has 0 aliphatic heterocycles. The molecule has 0 unspecified atom stereocenters. The monoisotopic (exact) mass is 381 g/mol. The van der Waals surface area contributed by atoms with Crippen LogP contribution >= 0.6 is 15.9 Å². The van der Waals surface area contributed by atoms with Crippen molar-refractivity contribution in [1.29, 1.82) is 0 Å². The van der Waals surface area contributed by atoms with Gasteiger partial charge in [0.05, 0.1) is 0 Å². The van der Waals surface area contributed by atoms with Crippen molar-refractivity contribution in [2.24, 2.45) is 5.73 Å². The number of nitrogens with one attached hydrogen (secondary N) is 1. The number of primary amides is 1. The molecule has 23 heavy (non-hydrogen) atoms. The molecule has 6 heteroatoms. The molecular formula is C17H24BrN3O2. The highest BCUT2D eigenvalue weighted by Gasteiger charge is 2.32. The Morgan fingerprint density at radius 1 is 1.26 bits per heavy atom. The van der Waals surface area contributed by atoms with Crippen LogP contribution in [-0.2, 0) is 11.3 Å². The minimum Gasteiger partial charge on any atom is -0.352 e. The summed E-state index contributed by atoms with van der Waals surface area (Å²) in [7, 11) is 0. The summed E-state index contributed by atoms with van der Waals surface area (Å²) in [6, 6.07) is 8.04. The molecule has 126 valence electrons. The van der Waals surface area contributed by atoms with Gasteiger partial charge in [0.15, 0.2) is 0 Å². The van der Waals surface area contributed by atoms with Crippen LogP contribution in [-0.4, -0.2) is 29.4 Å². The predicted molar refractivity (Wildman–Crippen MR) is 93.8 cm³/mol. The van der Waals surface area contributed by atoms with E-state index in [1.807, 2.05) is 17.0 Å². The molecule has 0 saturated heterocycles. The first kappa shape index (κ1) is 17.8. The molecule has 0 atom stereocenters. The number of benzene rings is 1. The van der Waals surface area contributed by atoms with Gasteiger partial charge in [-0.1, -0.05) is 34.5 Å². The Hall–Kier alpha value is -1.56. The Balaban J connectivity index is 1.74. The van der Waals surface area contributed by atoms with Crippen molar-refractivity contribution < 1.29 is 9.59 Å². The van der Waals surface area contributed by atoms with Crippen LogP contribution in [0.15, 0.2) is 28.7 Å². The van der Waals surface area contributed by atoms with E-state index in [1.54, 1.807) is 0 Å². The molecule has 0 radical (unpaired) electrons. The van der Waals surface area contributed by atoms with E-state index in [1.165, 1.54) is 0 Å². The number of amides is 3. The lowest BCUT2D eigenvalue weighted by atomic mass is 10.1. The lowest BCUT2D eigenvalue weighted by molar-refractivity contribution is -0.132. The van der Waals surface area contributed by atoms with E-state index in [-0.39, 0.29) is 5.91 Å². The summed E-state index contributed by atoms with van der Waals surface area (Å²) < 4.78 is 1.04. The molecule has 0 aromatic heterocycles. The van der Waals surface area contributed by atoms with E-state index in [4.69, 9.17) is 5.73 Å². The van der Waals surface area contributed by atoms with Crippen molar-refractivity contribution in [2.45, 2.75) is 51.1 Å². The summed E-state index contributed by atoms with van der Waals surface area (Å²) in [6.07, 6.45) is 5.42. The number of carbonyl (C=O) groups is 2. The maximum Gasteiger partial charge on any atom is 0.312 e. The highest BCUT2D eigenvalue weighted by molar-refractivity contribution is 9.10. The third kappa shape index (κ3) is 6.60. The highest BCUT2D eigenvalue weighted by atomic mass is 79.9. The number of nitrogens with zero attached hydrogens (tertiary/aromatic N) is 1. The molecule has 5 nitrogen and oxygen atoms in total. The van der Waals surface area contributed by atoms with Crippen molar-refractivity contribution in [3.8, 4) is 0 Å². The molecule has 1 fully saturated rings. The fraction of sp³-hybridized carbons (Fsp3) is 0.529. The second-order valence-corrected chi connectivity index (χ2v) is 6.90. The molecule has 1 aliphatic rings. The standard InChI is InChI=1S/C17H24BrN3O2/c18-14-6-4-5-13(11-14)12-21(15-8-9-15)16(22)7-2-1-3-10-20-17(19)23/h4-6,11,15H,1-3,7-10,12H2,(H3,19,20,23). The van der Waals surface area contributed by atoms with E-state index in [0.717, 1.165) is 42.1 Å². The smallest absolute Gasteiger partial charge is 0.312 e. The maximum absolute atomic E-state index is 12.5. The number of hydrogen-bond donors (Lipinski definition) is 2.